The lowest BCUT2D eigenvalue weighted by Gasteiger charge is -2.50. The molecule has 0 radical (unpaired) electrons. The Balaban J connectivity index is 1.97. The van der Waals surface area contributed by atoms with Gasteiger partial charge in [-0.1, -0.05) is 26.0 Å². The lowest BCUT2D eigenvalue weighted by molar-refractivity contribution is -0.160. The number of benzene rings is 1. The van der Waals surface area contributed by atoms with Crippen LogP contribution in [0.3, 0.4) is 0 Å². The molecule has 9 heteroatoms. The number of ketones is 2. The van der Waals surface area contributed by atoms with Crippen LogP contribution in [0, 0.1) is 11.8 Å². The number of amides is 1. The number of nitrogens with two attached hydrogens (primary N) is 1. The first kappa shape index (κ1) is 22.0. The van der Waals surface area contributed by atoms with Gasteiger partial charge in [-0.2, -0.15) is 0 Å². The number of fused-ring (bicyclic) bond motifs is 3. The monoisotopic (exact) mass is 443 g/mol. The minimum atomic E-state index is -2.77. The number of Topliss-reactive ketones (excluding diaryl/α,β-unsaturated/α-hetero) is 2. The molecule has 0 spiro atoms. The summed E-state index contributed by atoms with van der Waals surface area (Å²) in [7, 11) is 0. The van der Waals surface area contributed by atoms with Crippen LogP contribution in [0.15, 0.2) is 35.1 Å². The zero-order valence-corrected chi connectivity index (χ0v) is 17.7. The van der Waals surface area contributed by atoms with E-state index in [0.29, 0.717) is 24.3 Å². The summed E-state index contributed by atoms with van der Waals surface area (Å²) in [6, 6.07) is 5.13. The highest BCUT2D eigenvalue weighted by Crippen LogP contribution is 2.55. The first-order chi connectivity index (χ1) is 15.1. The van der Waals surface area contributed by atoms with Gasteiger partial charge in [0.1, 0.15) is 22.8 Å². The quantitative estimate of drug-likeness (QED) is 0.430. The lowest BCUT2D eigenvalue weighted by atomic mass is 9.55. The van der Waals surface area contributed by atoms with E-state index in [2.05, 4.69) is 0 Å². The third-order valence-electron chi connectivity index (χ3n) is 6.81. The summed E-state index contributed by atoms with van der Waals surface area (Å²) in [6.45, 7) is 4.04. The highest BCUT2D eigenvalue weighted by Gasteiger charge is 2.64. The molecule has 170 valence electrons. The van der Waals surface area contributed by atoms with Crippen molar-refractivity contribution in [1.29, 1.82) is 0 Å². The molecule has 0 aliphatic heterocycles. The van der Waals surface area contributed by atoms with Crippen LogP contribution in [0.2, 0.25) is 0 Å². The molecular formula is C23H25NO8. The van der Waals surface area contributed by atoms with Crippen molar-refractivity contribution in [2.45, 2.75) is 44.3 Å². The molecule has 1 saturated carbocycles. The number of aliphatic hydroxyl groups excluding tert-OH is 3. The second kappa shape index (κ2) is 7.46. The molecule has 1 aromatic rings. The SMILES string of the molecule is CCCOc1cccc2c1C(O)=C1C(=O)[C@]3(O)C(O)=C(C(N)=O)C(=O)C[C@@H]3[C@@H](O)[C@@H]1[C@H]2C. The molecule has 6 N–H and O–H groups in total. The summed E-state index contributed by atoms with van der Waals surface area (Å²) in [5.74, 6) is -7.41. The van der Waals surface area contributed by atoms with E-state index in [4.69, 9.17) is 10.5 Å². The molecule has 1 amide bonds. The van der Waals surface area contributed by atoms with Crippen LogP contribution < -0.4 is 10.5 Å². The van der Waals surface area contributed by atoms with Crippen molar-refractivity contribution >= 4 is 23.2 Å². The number of rotatable bonds is 4. The fourth-order valence-corrected chi connectivity index (χ4v) is 5.28. The number of hydrogen-bond acceptors (Lipinski definition) is 8. The molecule has 5 atom stereocenters. The molecule has 1 fully saturated rings. The largest absolute Gasteiger partial charge is 0.508 e. The van der Waals surface area contributed by atoms with Gasteiger partial charge in [0.15, 0.2) is 11.4 Å². The minimum Gasteiger partial charge on any atom is -0.508 e. The molecule has 4 rings (SSSR count). The molecule has 3 aliphatic rings. The van der Waals surface area contributed by atoms with Crippen molar-refractivity contribution in [3.63, 3.8) is 0 Å². The van der Waals surface area contributed by atoms with Crippen molar-refractivity contribution in [2.75, 3.05) is 6.61 Å². The van der Waals surface area contributed by atoms with Gasteiger partial charge in [0, 0.05) is 23.8 Å². The third-order valence-corrected chi connectivity index (χ3v) is 6.81. The summed E-state index contributed by atoms with van der Waals surface area (Å²) in [5, 5.41) is 44.2. The summed E-state index contributed by atoms with van der Waals surface area (Å²) < 4.78 is 5.73. The third kappa shape index (κ3) is 2.74. The zero-order chi connectivity index (χ0) is 23.5. The van der Waals surface area contributed by atoms with E-state index in [0.717, 1.165) is 0 Å². The van der Waals surface area contributed by atoms with E-state index < -0.39 is 70.4 Å². The smallest absolute Gasteiger partial charge is 0.255 e. The summed E-state index contributed by atoms with van der Waals surface area (Å²) in [4.78, 5) is 37.7. The maximum absolute atomic E-state index is 13.6. The molecule has 3 aliphatic carbocycles. The standard InChI is InChI=1S/C23H25NO8/c1-3-7-32-13-6-4-5-10-9(2)14-17(19(27)15(10)13)21(29)23(31)11(18(14)26)8-12(25)16(20(23)28)22(24)30/h4-6,9,11,14,18,26-28,31H,3,7-8H2,1-2H3,(H2,24,30)/t9-,11+,14+,18+,23+/m0/s1. The van der Waals surface area contributed by atoms with Crippen molar-refractivity contribution < 1.29 is 39.5 Å². The predicted molar refractivity (Wildman–Crippen MR) is 112 cm³/mol. The van der Waals surface area contributed by atoms with Gasteiger partial charge in [0.05, 0.1) is 18.3 Å². The Morgan fingerprint density at radius 1 is 1.28 bits per heavy atom. The molecule has 0 aromatic heterocycles. The lowest BCUT2D eigenvalue weighted by Crippen LogP contribution is -2.63. The van der Waals surface area contributed by atoms with Gasteiger partial charge in [-0.3, -0.25) is 14.4 Å². The first-order valence-corrected chi connectivity index (χ1v) is 10.5. The Hall–Kier alpha value is -3.17. The Bertz CT molecular complexity index is 1100. The number of hydrogen-bond donors (Lipinski definition) is 5. The fourth-order valence-electron chi connectivity index (χ4n) is 5.28. The Morgan fingerprint density at radius 3 is 2.59 bits per heavy atom. The Kier molecular flexibility index (Phi) is 5.14. The molecule has 0 saturated heterocycles. The normalized spacial score (nSPS) is 31.8. The van der Waals surface area contributed by atoms with Gasteiger partial charge in [0.2, 0.25) is 5.78 Å². The molecule has 9 nitrogen and oxygen atoms in total. The number of carbonyl (C=O) groups excluding carboxylic acids is 3. The number of primary amides is 1. The zero-order valence-electron chi connectivity index (χ0n) is 17.7. The van der Waals surface area contributed by atoms with Crippen molar-refractivity contribution in [3.8, 4) is 5.75 Å². The van der Waals surface area contributed by atoms with Crippen LogP contribution in [-0.4, -0.2) is 56.2 Å². The van der Waals surface area contributed by atoms with E-state index in [1.54, 1.807) is 25.1 Å². The molecule has 0 bridgehead atoms. The number of ether oxygens (including phenoxy) is 1. The van der Waals surface area contributed by atoms with Gasteiger partial charge in [-0.25, -0.2) is 0 Å². The number of carbonyl (C=O) groups is 3. The number of aliphatic hydroxyl groups is 4. The van der Waals surface area contributed by atoms with Gasteiger partial charge < -0.3 is 30.9 Å². The first-order valence-electron chi connectivity index (χ1n) is 10.5. The van der Waals surface area contributed by atoms with Crippen LogP contribution in [-0.2, 0) is 14.4 Å². The van der Waals surface area contributed by atoms with Gasteiger partial charge >= 0.3 is 0 Å². The Labute approximate surface area is 183 Å². The summed E-state index contributed by atoms with van der Waals surface area (Å²) in [6.07, 6.45) is -1.32. The van der Waals surface area contributed by atoms with Crippen molar-refractivity contribution in [1.82, 2.24) is 0 Å². The van der Waals surface area contributed by atoms with Gasteiger partial charge in [-0.15, -0.1) is 0 Å². The second-order valence-corrected chi connectivity index (χ2v) is 8.55. The van der Waals surface area contributed by atoms with E-state index in [1.165, 1.54) is 0 Å². The van der Waals surface area contributed by atoms with E-state index in [9.17, 15) is 34.8 Å². The highest BCUT2D eigenvalue weighted by molar-refractivity contribution is 6.22. The van der Waals surface area contributed by atoms with Crippen LogP contribution in [0.1, 0.15) is 43.7 Å². The van der Waals surface area contributed by atoms with E-state index >= 15 is 0 Å². The topological polar surface area (TPSA) is 167 Å². The van der Waals surface area contributed by atoms with Gasteiger partial charge in [-0.05, 0) is 24.0 Å². The van der Waals surface area contributed by atoms with Crippen molar-refractivity contribution in [2.24, 2.45) is 17.6 Å². The molecular weight excluding hydrogens is 418 g/mol. The van der Waals surface area contributed by atoms with Crippen LogP contribution in [0.4, 0.5) is 0 Å². The molecule has 0 heterocycles. The summed E-state index contributed by atoms with van der Waals surface area (Å²) >= 11 is 0. The molecule has 1 aromatic carbocycles. The Morgan fingerprint density at radius 2 is 1.97 bits per heavy atom. The van der Waals surface area contributed by atoms with Crippen molar-refractivity contribution in [3.05, 3.63) is 46.2 Å². The van der Waals surface area contributed by atoms with E-state index in [1.807, 2.05) is 6.92 Å². The highest BCUT2D eigenvalue weighted by atomic mass is 16.5. The molecule has 32 heavy (non-hydrogen) atoms. The average molecular weight is 443 g/mol. The van der Waals surface area contributed by atoms with Gasteiger partial charge in [0.25, 0.3) is 5.91 Å². The summed E-state index contributed by atoms with van der Waals surface area (Å²) in [5.41, 5.74) is 2.16. The average Bonchev–Trinajstić information content (AvgIpc) is 2.74. The van der Waals surface area contributed by atoms with Crippen LogP contribution in [0.25, 0.3) is 5.76 Å². The van der Waals surface area contributed by atoms with Crippen LogP contribution >= 0.6 is 0 Å². The van der Waals surface area contributed by atoms with E-state index in [-0.39, 0.29) is 11.1 Å². The predicted octanol–water partition coefficient (Wildman–Crippen LogP) is 1.04. The minimum absolute atomic E-state index is 0.271. The maximum Gasteiger partial charge on any atom is 0.255 e. The fraction of sp³-hybridized carbons (Fsp3) is 0.435. The maximum atomic E-state index is 13.6. The van der Waals surface area contributed by atoms with Crippen LogP contribution in [0.5, 0.6) is 5.75 Å². The second-order valence-electron chi connectivity index (χ2n) is 8.55. The molecule has 0 unspecified atom stereocenters.